The van der Waals surface area contributed by atoms with Crippen molar-refractivity contribution in [2.75, 3.05) is 5.75 Å². The van der Waals surface area contributed by atoms with E-state index in [4.69, 9.17) is 5.21 Å². The van der Waals surface area contributed by atoms with E-state index in [0.717, 1.165) is 4.90 Å². The summed E-state index contributed by atoms with van der Waals surface area (Å²) in [4.78, 5) is 1.08. The summed E-state index contributed by atoms with van der Waals surface area (Å²) in [6, 6.07) is 15.8. The Labute approximate surface area is 109 Å². The number of halogens is 1. The predicted octanol–water partition coefficient (Wildman–Crippen LogP) is 3.80. The summed E-state index contributed by atoms with van der Waals surface area (Å²) in [5.74, 6) is 0.155. The van der Waals surface area contributed by atoms with Crippen LogP contribution in [0.15, 0.2) is 64.6 Å². The minimum atomic E-state index is -0.335. The highest BCUT2D eigenvalue weighted by molar-refractivity contribution is 8.00. The second-order valence-electron chi connectivity index (χ2n) is 3.66. The summed E-state index contributed by atoms with van der Waals surface area (Å²) in [6.07, 6.45) is 0. The fourth-order valence-corrected chi connectivity index (χ4v) is 2.38. The molecule has 2 aromatic carbocycles. The first-order chi connectivity index (χ1) is 8.79. The van der Waals surface area contributed by atoms with Crippen LogP contribution in [0, 0.1) is 5.82 Å². The zero-order valence-electron chi connectivity index (χ0n) is 9.58. The average molecular weight is 261 g/mol. The molecule has 0 radical (unpaired) electrons. The minimum absolute atomic E-state index is 0.335. The third-order valence-corrected chi connectivity index (χ3v) is 3.42. The molecule has 0 saturated carbocycles. The summed E-state index contributed by atoms with van der Waals surface area (Å²) in [5, 5.41) is 12.2. The first-order valence-electron chi connectivity index (χ1n) is 5.44. The Morgan fingerprint density at radius 2 is 1.89 bits per heavy atom. The quantitative estimate of drug-likeness (QED) is 0.393. The third kappa shape index (κ3) is 3.34. The highest BCUT2D eigenvalue weighted by Gasteiger charge is 2.06. The summed E-state index contributed by atoms with van der Waals surface area (Å²) < 4.78 is 13.1. The van der Waals surface area contributed by atoms with Crippen LogP contribution in [-0.2, 0) is 0 Å². The van der Waals surface area contributed by atoms with Gasteiger partial charge in [-0.1, -0.05) is 35.5 Å². The lowest BCUT2D eigenvalue weighted by molar-refractivity contribution is 0.319. The zero-order chi connectivity index (χ0) is 12.8. The van der Waals surface area contributed by atoms with E-state index in [-0.39, 0.29) is 5.82 Å². The molecule has 0 aromatic heterocycles. The van der Waals surface area contributed by atoms with Gasteiger partial charge in [-0.3, -0.25) is 0 Å². The lowest BCUT2D eigenvalue weighted by Gasteiger charge is -2.04. The van der Waals surface area contributed by atoms with Crippen molar-refractivity contribution >= 4 is 17.5 Å². The Morgan fingerprint density at radius 3 is 2.56 bits per heavy atom. The van der Waals surface area contributed by atoms with Gasteiger partial charge in [0.15, 0.2) is 0 Å². The number of benzene rings is 2. The fourth-order valence-electron chi connectivity index (χ4n) is 1.51. The molecule has 0 bridgehead atoms. The van der Waals surface area contributed by atoms with E-state index in [1.54, 1.807) is 23.9 Å². The molecule has 0 heterocycles. The van der Waals surface area contributed by atoms with Gasteiger partial charge in [0.05, 0.1) is 5.71 Å². The van der Waals surface area contributed by atoms with Crippen LogP contribution >= 0.6 is 11.8 Å². The second kappa shape index (κ2) is 6.21. The molecule has 4 heteroatoms. The summed E-state index contributed by atoms with van der Waals surface area (Å²) in [5.41, 5.74) is 1.06. The van der Waals surface area contributed by atoms with Crippen molar-refractivity contribution in [3.05, 3.63) is 66.0 Å². The standard InChI is InChI=1S/C14H12FNOS/c15-12-6-4-5-11(9-12)14(16-17)10-18-13-7-2-1-3-8-13/h1-9,17H,10H2/b16-14-. The maximum Gasteiger partial charge on any atom is 0.123 e. The lowest BCUT2D eigenvalue weighted by atomic mass is 10.1. The molecule has 0 amide bonds. The van der Waals surface area contributed by atoms with Gasteiger partial charge in [-0.05, 0) is 24.3 Å². The molecule has 0 aliphatic rings. The number of hydrogen-bond acceptors (Lipinski definition) is 3. The van der Waals surface area contributed by atoms with Crippen molar-refractivity contribution in [3.8, 4) is 0 Å². The van der Waals surface area contributed by atoms with E-state index in [9.17, 15) is 4.39 Å². The molecule has 2 nitrogen and oxygen atoms in total. The molecule has 0 atom stereocenters. The Kier molecular flexibility index (Phi) is 4.36. The van der Waals surface area contributed by atoms with Gasteiger partial charge in [0.25, 0.3) is 0 Å². The van der Waals surface area contributed by atoms with E-state index in [1.807, 2.05) is 30.3 Å². The Morgan fingerprint density at radius 1 is 1.11 bits per heavy atom. The number of rotatable bonds is 4. The molecule has 0 aliphatic carbocycles. The van der Waals surface area contributed by atoms with Crippen LogP contribution in [0.3, 0.4) is 0 Å². The molecule has 1 N–H and O–H groups in total. The molecule has 0 fully saturated rings. The van der Waals surface area contributed by atoms with Gasteiger partial charge in [-0.2, -0.15) is 0 Å². The van der Waals surface area contributed by atoms with E-state index in [2.05, 4.69) is 5.16 Å². The third-order valence-electron chi connectivity index (χ3n) is 2.40. The largest absolute Gasteiger partial charge is 0.411 e. The van der Waals surface area contributed by atoms with Crippen molar-refractivity contribution in [1.29, 1.82) is 0 Å². The van der Waals surface area contributed by atoms with Crippen LogP contribution in [0.1, 0.15) is 5.56 Å². The normalized spacial score (nSPS) is 11.5. The molecule has 0 spiro atoms. The minimum Gasteiger partial charge on any atom is -0.411 e. The number of hydrogen-bond donors (Lipinski definition) is 1. The molecule has 0 saturated heterocycles. The van der Waals surface area contributed by atoms with Gasteiger partial charge in [-0.15, -0.1) is 11.8 Å². The topological polar surface area (TPSA) is 32.6 Å². The van der Waals surface area contributed by atoms with Crippen LogP contribution < -0.4 is 0 Å². The first-order valence-corrected chi connectivity index (χ1v) is 6.43. The predicted molar refractivity (Wildman–Crippen MR) is 71.9 cm³/mol. The fraction of sp³-hybridized carbons (Fsp3) is 0.0714. The van der Waals surface area contributed by atoms with Crippen LogP contribution in [-0.4, -0.2) is 16.7 Å². The van der Waals surface area contributed by atoms with Gasteiger partial charge in [-0.25, -0.2) is 4.39 Å². The SMILES string of the molecule is O/N=C(/CSc1ccccc1)c1cccc(F)c1. The van der Waals surface area contributed by atoms with Crippen LogP contribution in [0.5, 0.6) is 0 Å². The summed E-state index contributed by atoms with van der Waals surface area (Å²) in [6.45, 7) is 0. The van der Waals surface area contributed by atoms with Crippen molar-refractivity contribution in [1.82, 2.24) is 0 Å². The molecule has 2 rings (SSSR count). The Hall–Kier alpha value is -1.81. The monoisotopic (exact) mass is 261 g/mol. The number of oxime groups is 1. The highest BCUT2D eigenvalue weighted by Crippen LogP contribution is 2.19. The van der Waals surface area contributed by atoms with Crippen molar-refractivity contribution < 1.29 is 9.60 Å². The Bertz CT molecular complexity index is 543. The Balaban J connectivity index is 2.07. The van der Waals surface area contributed by atoms with Gasteiger partial charge < -0.3 is 5.21 Å². The van der Waals surface area contributed by atoms with Crippen molar-refractivity contribution in [2.45, 2.75) is 4.90 Å². The van der Waals surface area contributed by atoms with E-state index in [0.29, 0.717) is 17.0 Å². The van der Waals surface area contributed by atoms with Crippen molar-refractivity contribution in [3.63, 3.8) is 0 Å². The smallest absolute Gasteiger partial charge is 0.123 e. The van der Waals surface area contributed by atoms with Crippen LogP contribution in [0.4, 0.5) is 4.39 Å². The van der Waals surface area contributed by atoms with Crippen molar-refractivity contribution in [2.24, 2.45) is 5.16 Å². The lowest BCUT2D eigenvalue weighted by Crippen LogP contribution is -2.04. The molecular weight excluding hydrogens is 249 g/mol. The van der Waals surface area contributed by atoms with Crippen LogP contribution in [0.2, 0.25) is 0 Å². The van der Waals surface area contributed by atoms with E-state index < -0.39 is 0 Å². The number of thioether (sulfide) groups is 1. The molecule has 0 aliphatic heterocycles. The van der Waals surface area contributed by atoms with E-state index in [1.165, 1.54) is 12.1 Å². The van der Waals surface area contributed by atoms with Crippen LogP contribution in [0.25, 0.3) is 0 Å². The highest BCUT2D eigenvalue weighted by atomic mass is 32.2. The number of nitrogens with zero attached hydrogens (tertiary/aromatic N) is 1. The average Bonchev–Trinajstić information content (AvgIpc) is 2.41. The van der Waals surface area contributed by atoms with Gasteiger partial charge in [0.2, 0.25) is 0 Å². The van der Waals surface area contributed by atoms with E-state index >= 15 is 0 Å². The molecule has 18 heavy (non-hydrogen) atoms. The molecule has 2 aromatic rings. The molecule has 0 unspecified atom stereocenters. The maximum atomic E-state index is 13.1. The summed E-state index contributed by atoms with van der Waals surface area (Å²) >= 11 is 1.54. The van der Waals surface area contributed by atoms with Gasteiger partial charge >= 0.3 is 0 Å². The maximum absolute atomic E-state index is 13.1. The van der Waals surface area contributed by atoms with Gasteiger partial charge in [0, 0.05) is 16.2 Å². The van der Waals surface area contributed by atoms with Gasteiger partial charge in [0.1, 0.15) is 5.82 Å². The second-order valence-corrected chi connectivity index (χ2v) is 4.71. The first kappa shape index (κ1) is 12.6. The summed E-state index contributed by atoms with van der Waals surface area (Å²) in [7, 11) is 0. The molecular formula is C14H12FNOS. The zero-order valence-corrected chi connectivity index (χ0v) is 10.4. The molecule has 92 valence electrons.